The molecule has 4 unspecified atom stereocenters. The molecule has 6 aromatic rings. The average Bonchev–Trinajstić information content (AvgIpc) is 3.51. The van der Waals surface area contributed by atoms with Crippen molar-refractivity contribution in [1.82, 2.24) is 0 Å². The molecule has 4 atom stereocenters. The van der Waals surface area contributed by atoms with Crippen LogP contribution < -0.4 is 10.6 Å². The Morgan fingerprint density at radius 2 is 0.704 bits per heavy atom. The Labute approximate surface area is 319 Å². The molecule has 1 spiro atoms. The van der Waals surface area contributed by atoms with Gasteiger partial charge in [0.15, 0.2) is 0 Å². The first-order valence-corrected chi connectivity index (χ1v) is 19.7. The first kappa shape index (κ1) is 31.6. The molecule has 0 fully saturated rings. The van der Waals surface area contributed by atoms with Crippen LogP contribution in [0.5, 0.6) is 0 Å². The number of fused-ring (bicyclic) bond motifs is 9. The highest BCUT2D eigenvalue weighted by molar-refractivity contribution is 5.90. The number of hydrogen-bond donors (Lipinski definition) is 2. The van der Waals surface area contributed by atoms with Gasteiger partial charge in [-0.25, -0.2) is 0 Å². The van der Waals surface area contributed by atoms with Gasteiger partial charge in [0.25, 0.3) is 0 Å². The predicted octanol–water partition coefficient (Wildman–Crippen LogP) is 12.3. The monoisotopic (exact) mass is 696 g/mol. The molecule has 2 aliphatic heterocycles. The Kier molecular flexibility index (Phi) is 6.64. The van der Waals surface area contributed by atoms with Gasteiger partial charge in [-0.1, -0.05) is 184 Å². The van der Waals surface area contributed by atoms with Gasteiger partial charge in [0, 0.05) is 46.4 Å². The fourth-order valence-electron chi connectivity index (χ4n) is 12.1. The largest absolute Gasteiger partial charge is 0.358 e. The van der Waals surface area contributed by atoms with E-state index in [-0.39, 0.29) is 23.7 Å². The van der Waals surface area contributed by atoms with Crippen molar-refractivity contribution in [2.24, 2.45) is 23.7 Å². The smallest absolute Gasteiger partial charge is 0.0719 e. The number of anilines is 2. The molecule has 0 amide bonds. The Morgan fingerprint density at radius 1 is 0.352 bits per heavy atom. The van der Waals surface area contributed by atoms with Crippen LogP contribution in [0.4, 0.5) is 11.4 Å². The summed E-state index contributed by atoms with van der Waals surface area (Å²) in [5, 5.41) is 8.24. The molecule has 2 heterocycles. The topological polar surface area (TPSA) is 24.1 Å². The van der Waals surface area contributed by atoms with Crippen LogP contribution in [0.15, 0.2) is 191 Å². The Morgan fingerprint density at radius 3 is 1.19 bits per heavy atom. The van der Waals surface area contributed by atoms with Crippen LogP contribution in [0, 0.1) is 23.7 Å². The lowest BCUT2D eigenvalue weighted by molar-refractivity contribution is 0.449. The van der Waals surface area contributed by atoms with E-state index in [1.807, 2.05) is 0 Å². The quantitative estimate of drug-likeness (QED) is 0.176. The van der Waals surface area contributed by atoms with Crippen molar-refractivity contribution in [3.63, 3.8) is 0 Å². The number of benzene rings is 6. The summed E-state index contributed by atoms with van der Waals surface area (Å²) >= 11 is 0. The molecule has 0 saturated heterocycles. The summed E-state index contributed by atoms with van der Waals surface area (Å²) in [5.74, 6) is 0.736. The number of rotatable bonds is 2. The molecule has 0 bridgehead atoms. The standard InChI is InChI=1S/C52H44N2/c1-31-45-32(2)48-50(54-44-30-18-16-28-42(44)52(48)39-25-13-11-23-37(39)38-24-12-14-26-40(38)52)34(4)46(45)33(3)49-47(31)51(35-19-7-5-8-20-35,36-21-9-6-10-22-36)41-27-15-17-29-43(41)53-49/h5-34,53-54H,1-4H3. The maximum absolute atomic E-state index is 4.12. The molecule has 0 aromatic heterocycles. The van der Waals surface area contributed by atoms with Crippen molar-refractivity contribution >= 4 is 11.4 Å². The summed E-state index contributed by atoms with van der Waals surface area (Å²) < 4.78 is 0. The second-order valence-electron chi connectivity index (χ2n) is 16.1. The fourth-order valence-corrected chi connectivity index (χ4v) is 12.1. The molecule has 54 heavy (non-hydrogen) atoms. The Balaban J connectivity index is 1.19. The summed E-state index contributed by atoms with van der Waals surface area (Å²) in [6.07, 6.45) is 0. The van der Waals surface area contributed by atoms with E-state index >= 15 is 0 Å². The van der Waals surface area contributed by atoms with Crippen LogP contribution in [0.3, 0.4) is 0 Å². The first-order chi connectivity index (χ1) is 26.5. The molecular formula is C52H44N2. The van der Waals surface area contributed by atoms with Gasteiger partial charge in [0.05, 0.1) is 10.8 Å². The third kappa shape index (κ3) is 3.76. The third-order valence-electron chi connectivity index (χ3n) is 13.9. The van der Waals surface area contributed by atoms with Crippen LogP contribution in [0.2, 0.25) is 0 Å². The highest BCUT2D eigenvalue weighted by Gasteiger charge is 2.58. The zero-order chi connectivity index (χ0) is 36.3. The number of para-hydroxylation sites is 2. The predicted molar refractivity (Wildman–Crippen MR) is 222 cm³/mol. The van der Waals surface area contributed by atoms with E-state index < -0.39 is 10.8 Å². The van der Waals surface area contributed by atoms with Gasteiger partial charge in [-0.3, -0.25) is 0 Å². The molecule has 262 valence electrons. The molecule has 11 rings (SSSR count). The lowest BCUT2D eigenvalue weighted by Gasteiger charge is -2.55. The van der Waals surface area contributed by atoms with Crippen LogP contribution in [-0.2, 0) is 10.8 Å². The maximum Gasteiger partial charge on any atom is 0.0719 e. The minimum absolute atomic E-state index is 0.167. The molecule has 0 radical (unpaired) electrons. The summed E-state index contributed by atoms with van der Waals surface area (Å²) in [6, 6.07) is 59.2. The minimum atomic E-state index is -0.467. The van der Waals surface area contributed by atoms with Crippen LogP contribution in [-0.4, -0.2) is 0 Å². The lowest BCUT2D eigenvalue weighted by atomic mass is 9.50. The maximum atomic E-state index is 4.12. The fraction of sp³-hybridized carbons (Fsp3) is 0.192. The van der Waals surface area contributed by atoms with Crippen molar-refractivity contribution < 1.29 is 0 Å². The first-order valence-electron chi connectivity index (χ1n) is 19.7. The summed E-state index contributed by atoms with van der Waals surface area (Å²) in [4.78, 5) is 0. The van der Waals surface area contributed by atoms with E-state index in [1.54, 1.807) is 11.1 Å². The molecule has 6 aromatic carbocycles. The summed E-state index contributed by atoms with van der Waals surface area (Å²) in [5.41, 5.74) is 21.3. The summed E-state index contributed by atoms with van der Waals surface area (Å²) in [6.45, 7) is 10.0. The number of nitrogens with one attached hydrogen (secondary N) is 2. The minimum Gasteiger partial charge on any atom is -0.358 e. The highest BCUT2D eigenvalue weighted by Crippen LogP contribution is 2.67. The van der Waals surface area contributed by atoms with Crippen LogP contribution in [0.1, 0.15) is 61.1 Å². The van der Waals surface area contributed by atoms with Crippen molar-refractivity contribution in [2.75, 3.05) is 10.6 Å². The number of allylic oxidation sites excluding steroid dienone is 5. The van der Waals surface area contributed by atoms with Crippen LogP contribution in [0.25, 0.3) is 11.1 Å². The molecule has 3 aliphatic carbocycles. The molecule has 2 nitrogen and oxygen atoms in total. The van der Waals surface area contributed by atoms with Gasteiger partial charge in [-0.2, -0.15) is 0 Å². The SMILES string of the molecule is CC1C2=C(C(C)C3=C1C(C)C1=C(C3C)C3(c4ccccc4N1)c1ccccc1-c1ccccc13)C(c1ccccc1)(c1ccccc1)c1ccccc1N2. The van der Waals surface area contributed by atoms with E-state index in [0.29, 0.717) is 0 Å². The third-order valence-corrected chi connectivity index (χ3v) is 13.9. The van der Waals surface area contributed by atoms with E-state index in [0.717, 1.165) is 0 Å². The average molecular weight is 697 g/mol. The second-order valence-corrected chi connectivity index (χ2v) is 16.1. The number of hydrogen-bond acceptors (Lipinski definition) is 2. The van der Waals surface area contributed by atoms with E-state index in [9.17, 15) is 0 Å². The Bertz CT molecular complexity index is 2450. The van der Waals surface area contributed by atoms with Crippen molar-refractivity contribution in [3.05, 3.63) is 225 Å². The molecule has 0 saturated carbocycles. The van der Waals surface area contributed by atoms with Gasteiger partial charge in [0.1, 0.15) is 0 Å². The molecular weight excluding hydrogens is 653 g/mol. The lowest BCUT2D eigenvalue weighted by Crippen LogP contribution is -2.48. The van der Waals surface area contributed by atoms with Gasteiger partial charge >= 0.3 is 0 Å². The second kappa shape index (κ2) is 11.3. The molecule has 5 aliphatic rings. The Hall–Kier alpha value is -5.86. The van der Waals surface area contributed by atoms with E-state index in [1.165, 1.54) is 78.4 Å². The van der Waals surface area contributed by atoms with Gasteiger partial charge in [-0.05, 0) is 67.8 Å². The van der Waals surface area contributed by atoms with Gasteiger partial charge in [0.2, 0.25) is 0 Å². The van der Waals surface area contributed by atoms with Crippen molar-refractivity contribution in [2.45, 2.75) is 38.5 Å². The van der Waals surface area contributed by atoms with Crippen molar-refractivity contribution in [1.29, 1.82) is 0 Å². The van der Waals surface area contributed by atoms with Gasteiger partial charge in [-0.15, -0.1) is 0 Å². The zero-order valence-electron chi connectivity index (χ0n) is 31.3. The normalized spacial score (nSPS) is 23.6. The van der Waals surface area contributed by atoms with Gasteiger partial charge < -0.3 is 10.6 Å². The summed E-state index contributed by atoms with van der Waals surface area (Å²) in [7, 11) is 0. The van der Waals surface area contributed by atoms with E-state index in [2.05, 4.69) is 196 Å². The zero-order valence-corrected chi connectivity index (χ0v) is 31.3. The molecule has 2 heteroatoms. The van der Waals surface area contributed by atoms with Crippen LogP contribution >= 0.6 is 0 Å². The van der Waals surface area contributed by atoms with Crippen molar-refractivity contribution in [3.8, 4) is 11.1 Å². The molecule has 2 N–H and O–H groups in total. The highest BCUT2D eigenvalue weighted by atomic mass is 15.0. The van der Waals surface area contributed by atoms with E-state index in [4.69, 9.17) is 0 Å².